The molecule has 0 saturated heterocycles. The zero-order chi connectivity index (χ0) is 19.6. The summed E-state index contributed by atoms with van der Waals surface area (Å²) in [6.45, 7) is 0. The van der Waals surface area contributed by atoms with Gasteiger partial charge in [-0.15, -0.1) is 23.1 Å². The normalized spacial score (nSPS) is 14.6. The quantitative estimate of drug-likeness (QED) is 0.473. The van der Waals surface area contributed by atoms with E-state index in [4.69, 9.17) is 4.74 Å². The lowest BCUT2D eigenvalue weighted by atomic mass is 9.90. The van der Waals surface area contributed by atoms with Crippen LogP contribution in [0.1, 0.15) is 33.9 Å². The molecule has 0 atom stereocenters. The number of nitrogens with zero attached hydrogens (tertiary/aromatic N) is 1. The average molecular weight is 410 g/mol. The Bertz CT molecular complexity index is 974. The SMILES string of the molecule is COc1ccccc1Cc1cnc(CC(=O)C2(c3ccc(SC)cc3)CC2)s1. The van der Waals surface area contributed by atoms with Gasteiger partial charge in [0.05, 0.1) is 18.9 Å². The van der Waals surface area contributed by atoms with E-state index < -0.39 is 0 Å². The van der Waals surface area contributed by atoms with Crippen LogP contribution in [-0.4, -0.2) is 24.1 Å². The Morgan fingerprint density at radius 3 is 2.61 bits per heavy atom. The van der Waals surface area contributed by atoms with E-state index in [1.807, 2.05) is 24.4 Å². The zero-order valence-electron chi connectivity index (χ0n) is 16.1. The lowest BCUT2D eigenvalue weighted by Crippen LogP contribution is -2.22. The van der Waals surface area contributed by atoms with Crippen LogP contribution in [0.3, 0.4) is 0 Å². The van der Waals surface area contributed by atoms with Crippen molar-refractivity contribution in [2.24, 2.45) is 0 Å². The van der Waals surface area contributed by atoms with E-state index in [2.05, 4.69) is 41.6 Å². The Morgan fingerprint density at radius 2 is 1.93 bits per heavy atom. The second kappa shape index (κ2) is 8.10. The number of thioether (sulfide) groups is 1. The topological polar surface area (TPSA) is 39.2 Å². The average Bonchev–Trinajstić information content (AvgIpc) is 3.44. The van der Waals surface area contributed by atoms with E-state index in [0.29, 0.717) is 12.2 Å². The lowest BCUT2D eigenvalue weighted by Gasteiger charge is -2.14. The standard InChI is InChI=1S/C23H23NO2S2/c1-26-20-6-4-3-5-16(20)13-19-15-24-22(28-19)14-21(25)23(11-12-23)17-7-9-18(27-2)10-8-17/h3-10,15H,11-14H2,1-2H3. The van der Waals surface area contributed by atoms with Crippen LogP contribution in [0, 0.1) is 0 Å². The molecule has 5 heteroatoms. The van der Waals surface area contributed by atoms with E-state index in [0.717, 1.165) is 46.0 Å². The Labute approximate surface area is 174 Å². The number of hydrogen-bond acceptors (Lipinski definition) is 5. The molecule has 0 bridgehead atoms. The van der Waals surface area contributed by atoms with Crippen molar-refractivity contribution >= 4 is 28.9 Å². The molecule has 0 aliphatic heterocycles. The number of carbonyl (C=O) groups excluding carboxylic acids is 1. The Kier molecular flexibility index (Phi) is 5.56. The highest BCUT2D eigenvalue weighted by Crippen LogP contribution is 2.50. The number of aromatic nitrogens is 1. The molecule has 0 spiro atoms. The van der Waals surface area contributed by atoms with E-state index in [9.17, 15) is 4.79 Å². The summed E-state index contributed by atoms with van der Waals surface area (Å²) in [5.74, 6) is 1.18. The minimum Gasteiger partial charge on any atom is -0.496 e. The molecule has 0 unspecified atom stereocenters. The van der Waals surface area contributed by atoms with Crippen molar-refractivity contribution in [3.63, 3.8) is 0 Å². The molecule has 4 rings (SSSR count). The largest absolute Gasteiger partial charge is 0.496 e. The van der Waals surface area contributed by atoms with Gasteiger partial charge in [0.15, 0.2) is 0 Å². The highest BCUT2D eigenvalue weighted by atomic mass is 32.2. The number of para-hydroxylation sites is 1. The molecule has 1 saturated carbocycles. The molecule has 1 aliphatic rings. The molecular formula is C23H23NO2S2. The molecule has 1 aliphatic carbocycles. The van der Waals surface area contributed by atoms with Gasteiger partial charge in [-0.05, 0) is 48.4 Å². The molecule has 0 radical (unpaired) electrons. The first kappa shape index (κ1) is 19.2. The molecular weight excluding hydrogens is 386 g/mol. The third kappa shape index (κ3) is 3.87. The van der Waals surface area contributed by atoms with Crippen LogP contribution in [0.5, 0.6) is 5.75 Å². The molecule has 3 nitrogen and oxygen atoms in total. The fourth-order valence-electron chi connectivity index (χ4n) is 3.62. The summed E-state index contributed by atoms with van der Waals surface area (Å²) in [6.07, 6.45) is 7.05. The minimum absolute atomic E-state index is 0.286. The van der Waals surface area contributed by atoms with Crippen molar-refractivity contribution in [1.82, 2.24) is 4.98 Å². The maximum Gasteiger partial charge on any atom is 0.150 e. The Morgan fingerprint density at radius 1 is 1.18 bits per heavy atom. The van der Waals surface area contributed by atoms with Gasteiger partial charge in [-0.25, -0.2) is 4.98 Å². The van der Waals surface area contributed by atoms with Crippen molar-refractivity contribution < 1.29 is 9.53 Å². The molecule has 2 aromatic carbocycles. The summed E-state index contributed by atoms with van der Waals surface area (Å²) in [5.41, 5.74) is 2.01. The fraction of sp³-hybridized carbons (Fsp3) is 0.304. The van der Waals surface area contributed by atoms with Crippen molar-refractivity contribution in [2.75, 3.05) is 13.4 Å². The van der Waals surface area contributed by atoms with Crippen LogP contribution in [0.15, 0.2) is 59.6 Å². The molecule has 0 N–H and O–H groups in total. The Hall–Kier alpha value is -2.11. The van der Waals surface area contributed by atoms with Crippen molar-refractivity contribution in [3.8, 4) is 5.75 Å². The van der Waals surface area contributed by atoms with Crippen molar-refractivity contribution in [2.45, 2.75) is 36.0 Å². The first-order valence-corrected chi connectivity index (χ1v) is 11.4. The number of thiazole rings is 1. The van der Waals surface area contributed by atoms with Gasteiger partial charge in [0.25, 0.3) is 0 Å². The monoisotopic (exact) mass is 409 g/mol. The number of methoxy groups -OCH3 is 1. The van der Waals surface area contributed by atoms with E-state index >= 15 is 0 Å². The number of Topliss-reactive ketones (excluding diaryl/α,β-unsaturated/α-hetero) is 1. The van der Waals surface area contributed by atoms with Crippen LogP contribution >= 0.6 is 23.1 Å². The third-order valence-electron chi connectivity index (χ3n) is 5.40. The van der Waals surface area contributed by atoms with Gasteiger partial charge in [0.1, 0.15) is 16.5 Å². The maximum absolute atomic E-state index is 13.1. The predicted octanol–water partition coefficient (Wildman–Crippen LogP) is 5.31. The molecule has 0 amide bonds. The van der Waals surface area contributed by atoms with Crippen LogP contribution < -0.4 is 4.74 Å². The zero-order valence-corrected chi connectivity index (χ0v) is 17.7. The van der Waals surface area contributed by atoms with Crippen molar-refractivity contribution in [3.05, 3.63) is 75.7 Å². The van der Waals surface area contributed by atoms with Gasteiger partial charge in [0.2, 0.25) is 0 Å². The highest BCUT2D eigenvalue weighted by molar-refractivity contribution is 7.98. The minimum atomic E-state index is -0.286. The number of carbonyl (C=O) groups is 1. The summed E-state index contributed by atoms with van der Waals surface area (Å²) < 4.78 is 5.44. The number of benzene rings is 2. The van der Waals surface area contributed by atoms with Gasteiger partial charge >= 0.3 is 0 Å². The molecule has 1 aromatic heterocycles. The second-order valence-electron chi connectivity index (χ2n) is 7.12. The van der Waals surface area contributed by atoms with E-state index in [-0.39, 0.29) is 5.41 Å². The van der Waals surface area contributed by atoms with Gasteiger partial charge in [-0.3, -0.25) is 4.79 Å². The maximum atomic E-state index is 13.1. The predicted molar refractivity (Wildman–Crippen MR) is 116 cm³/mol. The van der Waals surface area contributed by atoms with Crippen LogP contribution in [-0.2, 0) is 23.1 Å². The van der Waals surface area contributed by atoms with Crippen LogP contribution in [0.4, 0.5) is 0 Å². The highest BCUT2D eigenvalue weighted by Gasteiger charge is 2.50. The number of ether oxygens (including phenoxy) is 1. The summed E-state index contributed by atoms with van der Waals surface area (Å²) in [4.78, 5) is 20.0. The van der Waals surface area contributed by atoms with Gasteiger partial charge in [-0.1, -0.05) is 30.3 Å². The van der Waals surface area contributed by atoms with Gasteiger partial charge in [-0.2, -0.15) is 0 Å². The van der Waals surface area contributed by atoms with E-state index in [1.54, 1.807) is 30.2 Å². The second-order valence-corrected chi connectivity index (χ2v) is 9.20. The first-order chi connectivity index (χ1) is 13.6. The number of ketones is 1. The lowest BCUT2D eigenvalue weighted by molar-refractivity contribution is -0.120. The van der Waals surface area contributed by atoms with Crippen LogP contribution in [0.2, 0.25) is 0 Å². The summed E-state index contributed by atoms with van der Waals surface area (Å²) in [7, 11) is 1.69. The summed E-state index contributed by atoms with van der Waals surface area (Å²) in [5, 5.41) is 0.905. The van der Waals surface area contributed by atoms with E-state index in [1.165, 1.54) is 4.90 Å². The number of rotatable bonds is 8. The van der Waals surface area contributed by atoms with Crippen molar-refractivity contribution in [1.29, 1.82) is 0 Å². The molecule has 3 aromatic rings. The first-order valence-electron chi connectivity index (χ1n) is 9.38. The third-order valence-corrected chi connectivity index (χ3v) is 7.14. The molecule has 1 heterocycles. The Balaban J connectivity index is 1.45. The molecule has 1 fully saturated rings. The number of hydrogen-bond donors (Lipinski definition) is 0. The summed E-state index contributed by atoms with van der Waals surface area (Å²) in [6, 6.07) is 16.5. The van der Waals surface area contributed by atoms with Crippen LogP contribution in [0.25, 0.3) is 0 Å². The fourth-order valence-corrected chi connectivity index (χ4v) is 4.97. The summed E-state index contributed by atoms with van der Waals surface area (Å²) >= 11 is 3.35. The molecule has 28 heavy (non-hydrogen) atoms. The smallest absolute Gasteiger partial charge is 0.150 e. The van der Waals surface area contributed by atoms with Gasteiger partial charge < -0.3 is 4.74 Å². The van der Waals surface area contributed by atoms with Gasteiger partial charge in [0, 0.05) is 22.4 Å². The molecule has 144 valence electrons.